The SMILES string of the molecule is CC(C)(C)OC(=O)N1[C@@H]2C[C@H](n3cnc4c(Cl)ncnc43)[C@H]1c1ccccc12. The Bertz CT molecular complexity index is 1090. The first-order valence-electron chi connectivity index (χ1n) is 9.28. The zero-order valence-corrected chi connectivity index (χ0v) is 16.6. The zero-order chi connectivity index (χ0) is 19.6. The first-order valence-corrected chi connectivity index (χ1v) is 9.66. The van der Waals surface area contributed by atoms with Gasteiger partial charge in [-0.05, 0) is 38.3 Å². The Morgan fingerprint density at radius 2 is 1.93 bits per heavy atom. The molecule has 0 N–H and O–H groups in total. The fraction of sp³-hybridized carbons (Fsp3) is 0.400. The van der Waals surface area contributed by atoms with Crippen LogP contribution in [0.2, 0.25) is 5.15 Å². The maximum absolute atomic E-state index is 13.1. The van der Waals surface area contributed by atoms with Gasteiger partial charge in [0.2, 0.25) is 0 Å². The highest BCUT2D eigenvalue weighted by Gasteiger charge is 2.54. The summed E-state index contributed by atoms with van der Waals surface area (Å²) in [7, 11) is 0. The van der Waals surface area contributed by atoms with Gasteiger partial charge in [0.25, 0.3) is 0 Å². The average molecular weight is 398 g/mol. The minimum atomic E-state index is -0.552. The van der Waals surface area contributed by atoms with Crippen molar-refractivity contribution in [2.45, 2.75) is 50.9 Å². The molecule has 8 heteroatoms. The summed E-state index contributed by atoms with van der Waals surface area (Å²) in [6.45, 7) is 5.65. The Kier molecular flexibility index (Phi) is 3.68. The Balaban J connectivity index is 1.60. The van der Waals surface area contributed by atoms with E-state index >= 15 is 0 Å². The van der Waals surface area contributed by atoms with Crippen LogP contribution in [0.4, 0.5) is 4.79 Å². The molecule has 3 aromatic rings. The number of fused-ring (bicyclic) bond motifs is 6. The smallest absolute Gasteiger partial charge is 0.411 e. The zero-order valence-electron chi connectivity index (χ0n) is 15.8. The second-order valence-electron chi connectivity index (χ2n) is 8.27. The van der Waals surface area contributed by atoms with Gasteiger partial charge >= 0.3 is 6.09 Å². The molecule has 1 saturated heterocycles. The van der Waals surface area contributed by atoms with E-state index in [1.54, 1.807) is 6.33 Å². The van der Waals surface area contributed by atoms with Gasteiger partial charge in [0.05, 0.1) is 24.5 Å². The minimum absolute atomic E-state index is 0.00313. The highest BCUT2D eigenvalue weighted by molar-refractivity contribution is 6.33. The third kappa shape index (κ3) is 2.49. The Hall–Kier alpha value is -2.67. The number of aromatic nitrogens is 4. The molecule has 144 valence electrons. The Morgan fingerprint density at radius 3 is 2.68 bits per heavy atom. The van der Waals surface area contributed by atoms with Crippen LogP contribution >= 0.6 is 11.6 Å². The van der Waals surface area contributed by atoms with E-state index < -0.39 is 5.60 Å². The van der Waals surface area contributed by atoms with Crippen molar-refractivity contribution in [3.8, 4) is 0 Å². The molecule has 2 aliphatic heterocycles. The van der Waals surface area contributed by atoms with Crippen LogP contribution in [0.3, 0.4) is 0 Å². The molecular formula is C20H20ClN5O2. The van der Waals surface area contributed by atoms with Crippen molar-refractivity contribution in [1.29, 1.82) is 0 Å². The summed E-state index contributed by atoms with van der Waals surface area (Å²) >= 11 is 6.18. The molecule has 2 bridgehead atoms. The lowest BCUT2D eigenvalue weighted by molar-refractivity contribution is 0.0165. The topological polar surface area (TPSA) is 73.1 Å². The van der Waals surface area contributed by atoms with Crippen LogP contribution in [-0.2, 0) is 4.74 Å². The number of nitrogens with zero attached hydrogens (tertiary/aromatic N) is 5. The quantitative estimate of drug-likeness (QED) is 0.567. The molecule has 2 aromatic heterocycles. The summed E-state index contributed by atoms with van der Waals surface area (Å²) in [6.07, 6.45) is 3.66. The van der Waals surface area contributed by atoms with Crippen molar-refractivity contribution in [2.75, 3.05) is 0 Å². The van der Waals surface area contributed by atoms with Gasteiger partial charge in [0, 0.05) is 0 Å². The molecule has 0 aliphatic carbocycles. The number of halogens is 1. The van der Waals surface area contributed by atoms with E-state index in [4.69, 9.17) is 16.3 Å². The first kappa shape index (κ1) is 17.4. The van der Waals surface area contributed by atoms with Crippen LogP contribution in [0.1, 0.15) is 56.4 Å². The lowest BCUT2D eigenvalue weighted by Crippen LogP contribution is -2.35. The number of hydrogen-bond acceptors (Lipinski definition) is 5. The molecule has 7 nitrogen and oxygen atoms in total. The number of ether oxygens (including phenoxy) is 1. The number of amides is 1. The normalized spacial score (nSPS) is 23.3. The number of imidazole rings is 1. The van der Waals surface area contributed by atoms with E-state index in [1.165, 1.54) is 11.9 Å². The van der Waals surface area contributed by atoms with E-state index in [2.05, 4.69) is 27.1 Å². The van der Waals surface area contributed by atoms with Gasteiger partial charge in [-0.2, -0.15) is 0 Å². The highest BCUT2D eigenvalue weighted by atomic mass is 35.5. The molecule has 3 atom stereocenters. The molecule has 0 unspecified atom stereocenters. The van der Waals surface area contributed by atoms with Crippen LogP contribution in [-0.4, -0.2) is 36.1 Å². The predicted octanol–water partition coefficient (Wildman–Crippen LogP) is 4.46. The maximum Gasteiger partial charge on any atom is 0.411 e. The molecule has 1 amide bonds. The van der Waals surface area contributed by atoms with Crippen LogP contribution in [0.15, 0.2) is 36.9 Å². The Morgan fingerprint density at radius 1 is 1.18 bits per heavy atom. The summed E-state index contributed by atoms with van der Waals surface area (Å²) < 4.78 is 7.74. The van der Waals surface area contributed by atoms with Crippen molar-refractivity contribution >= 4 is 28.9 Å². The monoisotopic (exact) mass is 397 g/mol. The molecule has 0 saturated carbocycles. The summed E-state index contributed by atoms with van der Waals surface area (Å²) in [5.74, 6) is 0. The fourth-order valence-electron chi connectivity index (χ4n) is 4.46. The van der Waals surface area contributed by atoms with E-state index in [0.717, 1.165) is 12.0 Å². The van der Waals surface area contributed by atoms with Gasteiger partial charge in [-0.3, -0.25) is 4.90 Å². The average Bonchev–Trinajstić information content (AvgIpc) is 3.30. The fourth-order valence-corrected chi connectivity index (χ4v) is 4.63. The summed E-state index contributed by atoms with van der Waals surface area (Å²) in [6, 6.07) is 8.04. The van der Waals surface area contributed by atoms with Crippen LogP contribution in [0.25, 0.3) is 11.2 Å². The summed E-state index contributed by atoms with van der Waals surface area (Å²) in [5, 5.41) is 0.330. The third-order valence-corrected chi connectivity index (χ3v) is 5.69. The van der Waals surface area contributed by atoms with Crippen molar-refractivity contribution in [3.63, 3.8) is 0 Å². The number of rotatable bonds is 1. The van der Waals surface area contributed by atoms with Crippen LogP contribution in [0.5, 0.6) is 0 Å². The van der Waals surface area contributed by atoms with Crippen molar-refractivity contribution in [3.05, 3.63) is 53.2 Å². The van der Waals surface area contributed by atoms with E-state index in [9.17, 15) is 4.79 Å². The van der Waals surface area contributed by atoms with Crippen LogP contribution < -0.4 is 0 Å². The van der Waals surface area contributed by atoms with Gasteiger partial charge < -0.3 is 9.30 Å². The molecular weight excluding hydrogens is 378 g/mol. The molecule has 0 spiro atoms. The summed E-state index contributed by atoms with van der Waals surface area (Å²) in [4.78, 5) is 27.7. The lowest BCUT2D eigenvalue weighted by Gasteiger charge is -2.29. The molecule has 0 radical (unpaired) electrons. The van der Waals surface area contributed by atoms with Crippen molar-refractivity contribution < 1.29 is 9.53 Å². The number of hydrogen-bond donors (Lipinski definition) is 0. The summed E-state index contributed by atoms with van der Waals surface area (Å²) in [5.41, 5.74) is 3.04. The second-order valence-corrected chi connectivity index (χ2v) is 8.63. The largest absolute Gasteiger partial charge is 0.444 e. The van der Waals surface area contributed by atoms with E-state index in [0.29, 0.717) is 16.3 Å². The van der Waals surface area contributed by atoms with Gasteiger partial charge in [0.15, 0.2) is 10.8 Å². The first-order chi connectivity index (χ1) is 13.3. The van der Waals surface area contributed by atoms with E-state index in [-0.39, 0.29) is 24.2 Å². The van der Waals surface area contributed by atoms with Crippen molar-refractivity contribution in [2.24, 2.45) is 0 Å². The molecule has 28 heavy (non-hydrogen) atoms. The van der Waals surface area contributed by atoms with Crippen LogP contribution in [0, 0.1) is 0 Å². The van der Waals surface area contributed by atoms with Gasteiger partial charge in [-0.25, -0.2) is 19.7 Å². The lowest BCUT2D eigenvalue weighted by atomic mass is 9.88. The minimum Gasteiger partial charge on any atom is -0.444 e. The van der Waals surface area contributed by atoms with Crippen molar-refractivity contribution in [1.82, 2.24) is 24.4 Å². The maximum atomic E-state index is 13.1. The second kappa shape index (κ2) is 5.91. The third-order valence-electron chi connectivity index (χ3n) is 5.41. The molecule has 1 fully saturated rings. The predicted molar refractivity (Wildman–Crippen MR) is 104 cm³/mol. The van der Waals surface area contributed by atoms with E-state index in [1.807, 2.05) is 42.4 Å². The highest BCUT2D eigenvalue weighted by Crippen LogP contribution is 2.58. The number of carbonyl (C=O) groups excluding carboxylic acids is 1. The molecule has 5 rings (SSSR count). The molecule has 2 aliphatic rings. The van der Waals surface area contributed by atoms with Gasteiger partial charge in [-0.15, -0.1) is 0 Å². The Labute approximate surface area is 167 Å². The van der Waals surface area contributed by atoms with Gasteiger partial charge in [0.1, 0.15) is 17.4 Å². The molecule has 1 aromatic carbocycles. The molecule has 4 heterocycles. The van der Waals surface area contributed by atoms with Gasteiger partial charge in [-0.1, -0.05) is 35.9 Å². The number of benzene rings is 1. The standard InChI is InChI=1S/C20H20ClN5O2/c1-20(2,3)28-19(27)26-13-8-14(16(26)12-7-5-4-6-11(12)13)25-10-24-15-17(21)22-9-23-18(15)25/h4-7,9-10,13-14,16H,8H2,1-3H3/t13-,14+,16-/m1/s1. The number of carbonyl (C=O) groups is 1.